The van der Waals surface area contributed by atoms with E-state index in [0.717, 1.165) is 0 Å². The molecule has 3 nitrogen and oxygen atoms in total. The summed E-state index contributed by atoms with van der Waals surface area (Å²) < 4.78 is 17.8. The molecule has 16 heavy (non-hydrogen) atoms. The van der Waals surface area contributed by atoms with Crippen LogP contribution in [0.2, 0.25) is 0 Å². The van der Waals surface area contributed by atoms with Crippen LogP contribution in [0, 0.1) is 5.82 Å². The molecule has 0 fully saturated rings. The number of hydrogen-bond acceptors (Lipinski definition) is 2. The van der Waals surface area contributed by atoms with E-state index in [9.17, 15) is 9.18 Å². The van der Waals surface area contributed by atoms with E-state index < -0.39 is 11.3 Å². The Bertz CT molecular complexity index is 340. The summed E-state index contributed by atoms with van der Waals surface area (Å²) in [5, 5.41) is 7.64. The number of carboxylic acids is 1. The quantitative estimate of drug-likeness (QED) is 0.620. The Morgan fingerprint density at radius 2 is 2.06 bits per heavy atom. The van der Waals surface area contributed by atoms with Gasteiger partial charge in [0.2, 0.25) is 0 Å². The summed E-state index contributed by atoms with van der Waals surface area (Å²) in [6.07, 6.45) is 0.885. The molecule has 0 heterocycles. The summed E-state index contributed by atoms with van der Waals surface area (Å²) in [7, 11) is 0. The Hall–Kier alpha value is -1.29. The average Bonchev–Trinajstić information content (AvgIpc) is 2.26. The third kappa shape index (κ3) is 4.49. The molecule has 0 radical (unpaired) electrons. The topological polar surface area (TPSA) is 46.5 Å². The molecule has 0 bridgehead atoms. The maximum Gasteiger partial charge on any atom is 0.321 e. The third-order valence-corrected chi connectivity index (χ3v) is 2.36. The highest BCUT2D eigenvalue weighted by Gasteiger charge is 2.12. The highest BCUT2D eigenvalue weighted by Crippen LogP contribution is 2.12. The fourth-order valence-electron chi connectivity index (χ4n) is 1.11. The fourth-order valence-corrected chi connectivity index (χ4v) is 1.26. The molecule has 1 aromatic carbocycles. The van der Waals surface area contributed by atoms with Gasteiger partial charge in [0.1, 0.15) is 16.9 Å². The highest BCUT2D eigenvalue weighted by molar-refractivity contribution is 6.29. The van der Waals surface area contributed by atoms with E-state index in [4.69, 9.17) is 21.4 Å². The zero-order valence-electron chi connectivity index (χ0n) is 8.53. The van der Waals surface area contributed by atoms with Gasteiger partial charge in [-0.3, -0.25) is 4.79 Å². The van der Waals surface area contributed by atoms with Crippen LogP contribution >= 0.6 is 11.6 Å². The minimum absolute atomic E-state index is 0.320. The van der Waals surface area contributed by atoms with Crippen LogP contribution in [0.15, 0.2) is 24.3 Å². The lowest BCUT2D eigenvalue weighted by Crippen LogP contribution is -2.14. The minimum atomic E-state index is -1.02. The number of carbonyl (C=O) groups is 1. The van der Waals surface area contributed by atoms with Crippen molar-refractivity contribution in [3.05, 3.63) is 30.1 Å². The van der Waals surface area contributed by atoms with Gasteiger partial charge in [-0.1, -0.05) is 0 Å². The molecule has 0 saturated carbocycles. The predicted molar refractivity (Wildman–Crippen MR) is 58.4 cm³/mol. The number of carboxylic acid groups (broad SMARTS) is 1. The second-order valence-corrected chi connectivity index (χ2v) is 3.78. The summed E-state index contributed by atoms with van der Waals surface area (Å²) in [5.41, 5.74) is 0. The van der Waals surface area contributed by atoms with E-state index in [2.05, 4.69) is 0 Å². The molecule has 1 atom stereocenters. The summed E-state index contributed by atoms with van der Waals surface area (Å²) in [6, 6.07) is 5.64. The van der Waals surface area contributed by atoms with Crippen molar-refractivity contribution in [1.82, 2.24) is 0 Å². The molecule has 88 valence electrons. The first-order valence-electron chi connectivity index (χ1n) is 4.85. The van der Waals surface area contributed by atoms with Crippen molar-refractivity contribution < 1.29 is 19.0 Å². The summed E-state index contributed by atoms with van der Waals surface area (Å²) in [6.45, 7) is 0.363. The first kappa shape index (κ1) is 12.8. The number of alkyl halides is 1. The number of ether oxygens (including phenoxy) is 1. The fraction of sp³-hybridized carbons (Fsp3) is 0.364. The van der Waals surface area contributed by atoms with Gasteiger partial charge in [0.05, 0.1) is 6.61 Å². The Morgan fingerprint density at radius 1 is 1.44 bits per heavy atom. The van der Waals surface area contributed by atoms with Crippen LogP contribution in [-0.2, 0) is 4.79 Å². The molecule has 1 rings (SSSR count). The monoisotopic (exact) mass is 246 g/mol. The molecular weight excluding hydrogens is 235 g/mol. The lowest BCUT2D eigenvalue weighted by atomic mass is 10.2. The van der Waals surface area contributed by atoms with Crippen molar-refractivity contribution in [3.8, 4) is 5.75 Å². The molecule has 1 aromatic rings. The van der Waals surface area contributed by atoms with E-state index >= 15 is 0 Å². The molecule has 0 amide bonds. The van der Waals surface area contributed by atoms with Gasteiger partial charge in [-0.05, 0) is 37.1 Å². The first-order valence-corrected chi connectivity index (χ1v) is 5.28. The molecule has 1 N–H and O–H groups in total. The van der Waals surface area contributed by atoms with Gasteiger partial charge >= 0.3 is 5.97 Å². The van der Waals surface area contributed by atoms with Crippen LogP contribution in [0.25, 0.3) is 0 Å². The van der Waals surface area contributed by atoms with Gasteiger partial charge in [-0.15, -0.1) is 11.6 Å². The maximum atomic E-state index is 12.5. The molecule has 0 aromatic heterocycles. The largest absolute Gasteiger partial charge is 0.494 e. The van der Waals surface area contributed by atoms with Crippen molar-refractivity contribution >= 4 is 17.6 Å². The Kier molecular flexibility index (Phi) is 5.05. The van der Waals surface area contributed by atoms with Gasteiger partial charge in [0, 0.05) is 0 Å². The van der Waals surface area contributed by atoms with Crippen LogP contribution in [-0.4, -0.2) is 23.1 Å². The molecule has 0 aliphatic carbocycles. The SMILES string of the molecule is O=C(O)C(Cl)CCCOc1ccc(F)cc1. The second-order valence-electron chi connectivity index (χ2n) is 3.25. The Labute approximate surface area is 97.8 Å². The lowest BCUT2D eigenvalue weighted by molar-refractivity contribution is -0.136. The molecular formula is C11H12ClFO3. The standard InChI is InChI=1S/C11H12ClFO3/c12-10(11(14)15)2-1-7-16-9-5-3-8(13)4-6-9/h3-6,10H,1-2,7H2,(H,14,15). The van der Waals surface area contributed by atoms with Crippen LogP contribution in [0.4, 0.5) is 4.39 Å². The van der Waals surface area contributed by atoms with E-state index in [1.807, 2.05) is 0 Å². The number of hydrogen-bond donors (Lipinski definition) is 1. The van der Waals surface area contributed by atoms with Crippen LogP contribution in [0.3, 0.4) is 0 Å². The second kappa shape index (κ2) is 6.33. The van der Waals surface area contributed by atoms with E-state index in [0.29, 0.717) is 25.2 Å². The Morgan fingerprint density at radius 3 is 2.62 bits per heavy atom. The Balaban J connectivity index is 2.21. The number of rotatable bonds is 6. The van der Waals surface area contributed by atoms with Gasteiger partial charge < -0.3 is 9.84 Å². The summed E-state index contributed by atoms with van der Waals surface area (Å²) in [4.78, 5) is 10.4. The van der Waals surface area contributed by atoms with Crippen molar-refractivity contribution in [1.29, 1.82) is 0 Å². The van der Waals surface area contributed by atoms with Crippen molar-refractivity contribution in [2.45, 2.75) is 18.2 Å². The van der Waals surface area contributed by atoms with Gasteiger partial charge in [0.15, 0.2) is 0 Å². The molecule has 0 aliphatic rings. The normalized spacial score (nSPS) is 12.1. The van der Waals surface area contributed by atoms with Gasteiger partial charge in [0.25, 0.3) is 0 Å². The number of aliphatic carboxylic acids is 1. The van der Waals surface area contributed by atoms with E-state index in [1.165, 1.54) is 24.3 Å². The summed E-state index contributed by atoms with van der Waals surface area (Å²) >= 11 is 5.51. The van der Waals surface area contributed by atoms with Crippen LogP contribution in [0.1, 0.15) is 12.8 Å². The number of benzene rings is 1. The third-order valence-electron chi connectivity index (χ3n) is 1.95. The molecule has 1 unspecified atom stereocenters. The van der Waals surface area contributed by atoms with Crippen molar-refractivity contribution in [2.24, 2.45) is 0 Å². The van der Waals surface area contributed by atoms with Crippen LogP contribution in [0.5, 0.6) is 5.75 Å². The average molecular weight is 247 g/mol. The van der Waals surface area contributed by atoms with E-state index in [1.54, 1.807) is 0 Å². The van der Waals surface area contributed by atoms with Gasteiger partial charge in [-0.2, -0.15) is 0 Å². The lowest BCUT2D eigenvalue weighted by Gasteiger charge is -2.06. The highest BCUT2D eigenvalue weighted by atomic mass is 35.5. The van der Waals surface area contributed by atoms with Crippen LogP contribution < -0.4 is 4.74 Å². The zero-order valence-corrected chi connectivity index (χ0v) is 9.28. The minimum Gasteiger partial charge on any atom is -0.494 e. The van der Waals surface area contributed by atoms with Gasteiger partial charge in [-0.25, -0.2) is 4.39 Å². The molecule has 0 saturated heterocycles. The predicted octanol–water partition coefficient (Wildman–Crippen LogP) is 2.68. The molecule has 5 heteroatoms. The molecule has 0 spiro atoms. The number of halogens is 2. The molecule has 0 aliphatic heterocycles. The van der Waals surface area contributed by atoms with Crippen molar-refractivity contribution in [2.75, 3.05) is 6.61 Å². The smallest absolute Gasteiger partial charge is 0.321 e. The summed E-state index contributed by atoms with van der Waals surface area (Å²) in [5.74, 6) is -0.787. The van der Waals surface area contributed by atoms with Crippen molar-refractivity contribution in [3.63, 3.8) is 0 Å². The van der Waals surface area contributed by atoms with E-state index in [-0.39, 0.29) is 5.82 Å². The first-order chi connectivity index (χ1) is 7.59. The maximum absolute atomic E-state index is 12.5. The zero-order chi connectivity index (χ0) is 12.0.